The van der Waals surface area contributed by atoms with Crippen LogP contribution in [0.4, 0.5) is 16.5 Å². The molecule has 1 N–H and O–H groups in total. The van der Waals surface area contributed by atoms with Gasteiger partial charge >= 0.3 is 0 Å². The first-order chi connectivity index (χ1) is 12.0. The van der Waals surface area contributed by atoms with Gasteiger partial charge in [0.05, 0.1) is 12.0 Å². The quantitative estimate of drug-likeness (QED) is 0.508. The van der Waals surface area contributed by atoms with Crippen molar-refractivity contribution < 1.29 is 9.66 Å². The first-order valence-electron chi connectivity index (χ1n) is 7.08. The molecule has 0 aliphatic rings. The number of hydrogen-bond acceptors (Lipinski definition) is 9. The van der Waals surface area contributed by atoms with E-state index in [2.05, 4.69) is 20.5 Å². The van der Waals surface area contributed by atoms with Gasteiger partial charge in [0.25, 0.3) is 5.69 Å². The fraction of sp³-hybridized carbons (Fsp3) is 0.133. The zero-order valence-electron chi connectivity index (χ0n) is 13.3. The summed E-state index contributed by atoms with van der Waals surface area (Å²) in [6, 6.07) is 8.98. The van der Waals surface area contributed by atoms with Gasteiger partial charge in [-0.25, -0.2) is 4.98 Å². The Morgan fingerprint density at radius 3 is 2.88 bits per heavy atom. The third-order valence-electron chi connectivity index (χ3n) is 3.14. The van der Waals surface area contributed by atoms with Crippen molar-refractivity contribution in [2.45, 2.75) is 16.3 Å². The van der Waals surface area contributed by atoms with Crippen LogP contribution in [0.3, 0.4) is 0 Å². The highest BCUT2D eigenvalue weighted by Gasteiger charge is 2.13. The molecule has 0 bridgehead atoms. The van der Waals surface area contributed by atoms with Crippen molar-refractivity contribution in [3.63, 3.8) is 0 Å². The van der Waals surface area contributed by atoms with Crippen LogP contribution in [-0.4, -0.2) is 27.2 Å². The van der Waals surface area contributed by atoms with Crippen LogP contribution in [0.25, 0.3) is 0 Å². The predicted molar refractivity (Wildman–Crippen MR) is 95.9 cm³/mol. The molecule has 0 atom stereocenters. The van der Waals surface area contributed by atoms with Crippen molar-refractivity contribution in [2.75, 3.05) is 12.4 Å². The number of anilines is 2. The Hall–Kier alpha value is -2.72. The second kappa shape index (κ2) is 7.45. The van der Waals surface area contributed by atoms with Crippen LogP contribution in [0.15, 0.2) is 45.9 Å². The van der Waals surface area contributed by atoms with E-state index in [1.54, 1.807) is 14.0 Å². The van der Waals surface area contributed by atoms with Gasteiger partial charge in [0.1, 0.15) is 17.0 Å². The highest BCUT2D eigenvalue weighted by Crippen LogP contribution is 2.34. The molecule has 0 fully saturated rings. The zero-order chi connectivity index (χ0) is 17.8. The maximum atomic E-state index is 10.8. The molecule has 10 heteroatoms. The lowest BCUT2D eigenvalue weighted by atomic mass is 10.3. The summed E-state index contributed by atoms with van der Waals surface area (Å²) >= 11 is 2.69. The predicted octanol–water partition coefficient (Wildman–Crippen LogP) is 4.05. The van der Waals surface area contributed by atoms with Crippen molar-refractivity contribution >= 4 is 39.6 Å². The third-order valence-corrected chi connectivity index (χ3v) is 5.15. The van der Waals surface area contributed by atoms with E-state index >= 15 is 0 Å². The van der Waals surface area contributed by atoms with Crippen molar-refractivity contribution in [3.05, 3.63) is 52.2 Å². The van der Waals surface area contributed by atoms with Crippen molar-refractivity contribution in [3.8, 4) is 5.75 Å². The zero-order valence-corrected chi connectivity index (χ0v) is 14.9. The molecule has 2 heterocycles. The highest BCUT2D eigenvalue weighted by molar-refractivity contribution is 8.01. The molecule has 3 aromatic rings. The number of aryl methyl sites for hydroxylation is 1. The minimum absolute atomic E-state index is 0.0282. The lowest BCUT2D eigenvalue weighted by molar-refractivity contribution is -0.385. The van der Waals surface area contributed by atoms with Gasteiger partial charge in [-0.2, -0.15) is 0 Å². The number of rotatable bonds is 6. The first-order valence-corrected chi connectivity index (χ1v) is 8.72. The molecule has 1 aromatic carbocycles. The Morgan fingerprint density at radius 2 is 2.16 bits per heavy atom. The summed E-state index contributed by atoms with van der Waals surface area (Å²) in [5.74, 6) is 0.745. The average molecular weight is 375 g/mol. The Labute approximate surface area is 151 Å². The third kappa shape index (κ3) is 4.22. The standard InChI is InChI=1S/C15H13N5O3S2/c1-9-6-11(20(21)22)8-16-13(9)24-15-19-18-14(25-15)17-10-4-3-5-12(7-10)23-2/h3-8H,1-2H3,(H,17,18). The van der Waals surface area contributed by atoms with Crippen molar-refractivity contribution in [1.29, 1.82) is 0 Å². The normalized spacial score (nSPS) is 10.5. The van der Waals surface area contributed by atoms with Gasteiger partial charge in [-0.1, -0.05) is 17.4 Å². The fourth-order valence-electron chi connectivity index (χ4n) is 1.96. The lowest BCUT2D eigenvalue weighted by Gasteiger charge is -2.04. The van der Waals surface area contributed by atoms with Gasteiger partial charge < -0.3 is 10.1 Å². The molecular weight excluding hydrogens is 362 g/mol. The summed E-state index contributed by atoms with van der Waals surface area (Å²) in [4.78, 5) is 14.4. The number of ether oxygens (including phenoxy) is 1. The molecular formula is C15H13N5O3S2. The maximum absolute atomic E-state index is 10.8. The smallest absolute Gasteiger partial charge is 0.287 e. The van der Waals surface area contributed by atoms with Crippen LogP contribution in [0.1, 0.15) is 5.56 Å². The first kappa shape index (κ1) is 17.1. The molecule has 128 valence electrons. The van der Waals surface area contributed by atoms with E-state index < -0.39 is 4.92 Å². The van der Waals surface area contributed by atoms with Gasteiger partial charge in [0.2, 0.25) is 5.13 Å². The Balaban J connectivity index is 1.72. The van der Waals surface area contributed by atoms with E-state index in [0.717, 1.165) is 17.0 Å². The molecule has 0 saturated heterocycles. The van der Waals surface area contributed by atoms with E-state index in [4.69, 9.17) is 4.74 Å². The summed E-state index contributed by atoms with van der Waals surface area (Å²) in [5.41, 5.74) is 1.54. The van der Waals surface area contributed by atoms with Crippen LogP contribution in [-0.2, 0) is 0 Å². The molecule has 2 aromatic heterocycles. The summed E-state index contributed by atoms with van der Waals surface area (Å²) < 4.78 is 5.87. The minimum atomic E-state index is -0.463. The van der Waals surface area contributed by atoms with Gasteiger partial charge in [0, 0.05) is 17.8 Å². The van der Waals surface area contributed by atoms with E-state index in [0.29, 0.717) is 14.5 Å². The molecule has 0 amide bonds. The van der Waals surface area contributed by atoms with Crippen LogP contribution in [0, 0.1) is 17.0 Å². The summed E-state index contributed by atoms with van der Waals surface area (Å²) in [7, 11) is 1.61. The maximum Gasteiger partial charge on any atom is 0.287 e. The number of hydrogen-bond donors (Lipinski definition) is 1. The van der Waals surface area contributed by atoms with E-state index in [1.807, 2.05) is 24.3 Å². The number of benzene rings is 1. The Kier molecular flexibility index (Phi) is 5.10. The van der Waals surface area contributed by atoms with E-state index in [9.17, 15) is 10.1 Å². The number of nitrogens with zero attached hydrogens (tertiary/aromatic N) is 4. The van der Waals surface area contributed by atoms with Crippen LogP contribution >= 0.6 is 23.1 Å². The van der Waals surface area contributed by atoms with E-state index in [-0.39, 0.29) is 5.69 Å². The largest absolute Gasteiger partial charge is 0.497 e. The van der Waals surface area contributed by atoms with Crippen LogP contribution < -0.4 is 10.1 Å². The summed E-state index contributed by atoms with van der Waals surface area (Å²) in [5, 5.41) is 23.4. The molecule has 0 radical (unpaired) electrons. The SMILES string of the molecule is COc1cccc(Nc2nnc(Sc3ncc([N+](=O)[O-])cc3C)s2)c1. The van der Waals surface area contributed by atoms with Gasteiger partial charge in [-0.15, -0.1) is 10.2 Å². The second-order valence-electron chi connectivity index (χ2n) is 4.90. The van der Waals surface area contributed by atoms with Crippen LogP contribution in [0.5, 0.6) is 5.75 Å². The van der Waals surface area contributed by atoms with Gasteiger partial charge in [-0.05, 0) is 36.4 Å². The Bertz CT molecular complexity index is 916. The van der Waals surface area contributed by atoms with Crippen molar-refractivity contribution in [1.82, 2.24) is 15.2 Å². The van der Waals surface area contributed by atoms with E-state index in [1.165, 1.54) is 35.4 Å². The van der Waals surface area contributed by atoms with Crippen molar-refractivity contribution in [2.24, 2.45) is 0 Å². The minimum Gasteiger partial charge on any atom is -0.497 e. The number of aromatic nitrogens is 3. The molecule has 0 aliphatic carbocycles. The summed E-state index contributed by atoms with van der Waals surface area (Å²) in [6.07, 6.45) is 1.24. The van der Waals surface area contributed by atoms with Crippen LogP contribution in [0.2, 0.25) is 0 Å². The second-order valence-corrected chi connectivity index (χ2v) is 7.12. The molecule has 3 rings (SSSR count). The number of nitrogens with one attached hydrogen (secondary N) is 1. The highest BCUT2D eigenvalue weighted by atomic mass is 32.2. The molecule has 25 heavy (non-hydrogen) atoms. The fourth-order valence-corrected chi connectivity index (χ4v) is 3.67. The number of methoxy groups -OCH3 is 1. The molecule has 0 unspecified atom stereocenters. The summed E-state index contributed by atoms with van der Waals surface area (Å²) in [6.45, 7) is 1.78. The lowest BCUT2D eigenvalue weighted by Crippen LogP contribution is -1.92. The topological polar surface area (TPSA) is 103 Å². The number of nitro groups is 1. The molecule has 8 nitrogen and oxygen atoms in total. The molecule has 0 spiro atoms. The van der Waals surface area contributed by atoms with Gasteiger partial charge in [0.15, 0.2) is 4.34 Å². The number of pyridine rings is 1. The van der Waals surface area contributed by atoms with Gasteiger partial charge in [-0.3, -0.25) is 10.1 Å². The Morgan fingerprint density at radius 1 is 1.32 bits per heavy atom. The molecule has 0 aliphatic heterocycles. The molecule has 0 saturated carbocycles. The average Bonchev–Trinajstić information content (AvgIpc) is 3.03. The monoisotopic (exact) mass is 375 g/mol.